The number of nitriles is 1. The van der Waals surface area contributed by atoms with Gasteiger partial charge in [0.1, 0.15) is 6.07 Å². The van der Waals surface area contributed by atoms with Gasteiger partial charge in [-0.25, -0.2) is 4.99 Å². The molecule has 0 radical (unpaired) electrons. The normalized spacial score (nSPS) is 15.2. The van der Waals surface area contributed by atoms with Gasteiger partial charge in [0.2, 0.25) is 0 Å². The first-order valence-corrected chi connectivity index (χ1v) is 11.8. The third-order valence-electron chi connectivity index (χ3n) is 6.14. The summed E-state index contributed by atoms with van der Waals surface area (Å²) in [6.45, 7) is 0. The van der Waals surface area contributed by atoms with Gasteiger partial charge in [-0.3, -0.25) is 0 Å². The molecule has 6 rings (SSSR count). The zero-order chi connectivity index (χ0) is 23.1. The smallest absolute Gasteiger partial charge is 0.102 e. The summed E-state index contributed by atoms with van der Waals surface area (Å²) in [6, 6.07) is 37.1. The number of benzene rings is 5. The number of rotatable bonds is 2. The molecule has 0 saturated carbocycles. The van der Waals surface area contributed by atoms with Gasteiger partial charge in [0.05, 0.1) is 28.4 Å². The second-order valence-corrected chi connectivity index (χ2v) is 9.08. The number of hydrogen-bond acceptors (Lipinski definition) is 3. The van der Waals surface area contributed by atoms with Crippen molar-refractivity contribution in [3.63, 3.8) is 0 Å². The summed E-state index contributed by atoms with van der Waals surface area (Å²) in [7, 11) is 0. The molecule has 0 aromatic heterocycles. The standard InChI is InChI=1S/C30H18BrN3/c31-22-11-5-10-21(17-22)26(18-32)30-29(33-27-14-6-9-19-7-1-3-12-23(19)27)25-16-15-20-8-2-4-13-24(20)28(25)34-30/h1-17,34H/b30-26-,33-29?. The molecule has 5 aromatic rings. The minimum Gasteiger partial charge on any atom is -0.352 e. The first-order chi connectivity index (χ1) is 16.7. The van der Waals surface area contributed by atoms with Gasteiger partial charge in [0.15, 0.2) is 0 Å². The Morgan fingerprint density at radius 1 is 0.765 bits per heavy atom. The van der Waals surface area contributed by atoms with Crippen LogP contribution in [0.3, 0.4) is 0 Å². The number of fused-ring (bicyclic) bond motifs is 4. The molecule has 0 bridgehead atoms. The zero-order valence-electron chi connectivity index (χ0n) is 18.1. The molecule has 3 nitrogen and oxygen atoms in total. The quantitative estimate of drug-likeness (QED) is 0.248. The zero-order valence-corrected chi connectivity index (χ0v) is 19.7. The summed E-state index contributed by atoms with van der Waals surface area (Å²) >= 11 is 3.54. The maximum atomic E-state index is 10.3. The third kappa shape index (κ3) is 3.39. The molecule has 34 heavy (non-hydrogen) atoms. The molecule has 0 saturated heterocycles. The molecule has 0 aliphatic carbocycles. The molecule has 0 spiro atoms. The molecule has 160 valence electrons. The second-order valence-electron chi connectivity index (χ2n) is 8.17. The summed E-state index contributed by atoms with van der Waals surface area (Å²) in [6.07, 6.45) is 0. The molecule has 0 atom stereocenters. The molecule has 1 aliphatic rings. The van der Waals surface area contributed by atoms with Gasteiger partial charge in [-0.2, -0.15) is 5.26 Å². The van der Waals surface area contributed by atoms with Gasteiger partial charge in [0, 0.05) is 20.8 Å². The van der Waals surface area contributed by atoms with Crippen LogP contribution in [-0.4, -0.2) is 5.71 Å². The number of nitrogens with zero attached hydrogens (tertiary/aromatic N) is 2. The van der Waals surface area contributed by atoms with Crippen molar-refractivity contribution < 1.29 is 0 Å². The predicted octanol–water partition coefficient (Wildman–Crippen LogP) is 8.24. The van der Waals surface area contributed by atoms with Crippen molar-refractivity contribution in [3.05, 3.63) is 124 Å². The molecular formula is C30H18BrN3. The Labute approximate surface area is 205 Å². The van der Waals surface area contributed by atoms with Crippen molar-refractivity contribution in [1.29, 1.82) is 5.26 Å². The Hall–Kier alpha value is -4.20. The molecular weight excluding hydrogens is 482 g/mol. The number of allylic oxidation sites excluding steroid dienone is 2. The van der Waals surface area contributed by atoms with E-state index >= 15 is 0 Å². The number of nitrogens with one attached hydrogen (secondary N) is 1. The van der Waals surface area contributed by atoms with Crippen molar-refractivity contribution in [1.82, 2.24) is 0 Å². The fourth-order valence-corrected chi connectivity index (χ4v) is 4.95. The molecule has 5 aromatic carbocycles. The van der Waals surface area contributed by atoms with E-state index in [0.29, 0.717) is 5.57 Å². The second kappa shape index (κ2) is 8.30. The van der Waals surface area contributed by atoms with Crippen molar-refractivity contribution >= 4 is 60.1 Å². The Kier molecular flexibility index (Phi) is 4.98. The van der Waals surface area contributed by atoms with Gasteiger partial charge in [-0.15, -0.1) is 0 Å². The average molecular weight is 500 g/mol. The van der Waals surface area contributed by atoms with E-state index in [1.54, 1.807) is 0 Å². The van der Waals surface area contributed by atoms with Crippen LogP contribution in [-0.2, 0) is 0 Å². The van der Waals surface area contributed by atoms with Crippen LogP contribution in [0.2, 0.25) is 0 Å². The van der Waals surface area contributed by atoms with E-state index in [1.165, 1.54) is 0 Å². The highest BCUT2D eigenvalue weighted by Gasteiger charge is 2.28. The summed E-state index contributed by atoms with van der Waals surface area (Å²) in [4.78, 5) is 5.17. The topological polar surface area (TPSA) is 48.2 Å². The van der Waals surface area contributed by atoms with Gasteiger partial charge in [0.25, 0.3) is 0 Å². The van der Waals surface area contributed by atoms with Crippen LogP contribution in [0, 0.1) is 11.3 Å². The molecule has 1 aliphatic heterocycles. The highest BCUT2D eigenvalue weighted by molar-refractivity contribution is 9.10. The Balaban J connectivity index is 1.67. The van der Waals surface area contributed by atoms with E-state index in [1.807, 2.05) is 60.7 Å². The molecule has 0 fully saturated rings. The molecule has 0 unspecified atom stereocenters. The lowest BCUT2D eigenvalue weighted by Gasteiger charge is -2.09. The SMILES string of the molecule is N#C/C(=C1/Nc2c(ccc3ccccc23)C1=Nc1cccc2ccccc12)c1cccc(Br)c1. The lowest BCUT2D eigenvalue weighted by molar-refractivity contribution is 1.48. The van der Waals surface area contributed by atoms with Crippen LogP contribution < -0.4 is 5.32 Å². The Morgan fingerprint density at radius 2 is 1.47 bits per heavy atom. The van der Waals surface area contributed by atoms with Crippen molar-refractivity contribution in [2.45, 2.75) is 0 Å². The van der Waals surface area contributed by atoms with Crippen LogP contribution >= 0.6 is 15.9 Å². The summed E-state index contributed by atoms with van der Waals surface area (Å²) in [5.41, 5.74) is 5.73. The first kappa shape index (κ1) is 20.4. The van der Waals surface area contributed by atoms with E-state index in [-0.39, 0.29) is 0 Å². The summed E-state index contributed by atoms with van der Waals surface area (Å²) < 4.78 is 0.923. The van der Waals surface area contributed by atoms with Gasteiger partial charge in [-0.1, -0.05) is 94.8 Å². The first-order valence-electron chi connectivity index (χ1n) is 11.0. The fraction of sp³-hybridized carbons (Fsp3) is 0. The van der Waals surface area contributed by atoms with E-state index in [9.17, 15) is 5.26 Å². The summed E-state index contributed by atoms with van der Waals surface area (Å²) in [5.74, 6) is 0. The minimum absolute atomic E-state index is 0.556. The maximum Gasteiger partial charge on any atom is 0.102 e. The van der Waals surface area contributed by atoms with E-state index in [4.69, 9.17) is 4.99 Å². The summed E-state index contributed by atoms with van der Waals surface area (Å²) in [5, 5.41) is 18.3. The molecule has 0 amide bonds. The number of aliphatic imine (C=N–C) groups is 1. The van der Waals surface area contributed by atoms with Crippen molar-refractivity contribution in [3.8, 4) is 6.07 Å². The van der Waals surface area contributed by atoms with E-state index in [0.717, 1.165) is 59.9 Å². The van der Waals surface area contributed by atoms with Gasteiger partial charge < -0.3 is 5.32 Å². The largest absolute Gasteiger partial charge is 0.352 e. The molecule has 1 N–H and O–H groups in total. The monoisotopic (exact) mass is 499 g/mol. The van der Waals surface area contributed by atoms with Crippen LogP contribution in [0.25, 0.3) is 27.1 Å². The highest BCUT2D eigenvalue weighted by Crippen LogP contribution is 2.40. The maximum absolute atomic E-state index is 10.3. The fourth-order valence-electron chi connectivity index (χ4n) is 4.55. The van der Waals surface area contributed by atoms with Crippen LogP contribution in [0.5, 0.6) is 0 Å². The van der Waals surface area contributed by atoms with Crippen molar-refractivity contribution in [2.24, 2.45) is 4.99 Å². The Bertz CT molecular complexity index is 1700. The van der Waals surface area contributed by atoms with Crippen molar-refractivity contribution in [2.75, 3.05) is 5.32 Å². The van der Waals surface area contributed by atoms with Crippen LogP contribution in [0.4, 0.5) is 11.4 Å². The minimum atomic E-state index is 0.556. The van der Waals surface area contributed by atoms with Crippen LogP contribution in [0.1, 0.15) is 11.1 Å². The number of halogens is 1. The number of anilines is 1. The molecule has 1 heterocycles. The van der Waals surface area contributed by atoms with Gasteiger partial charge in [-0.05, 0) is 40.6 Å². The average Bonchev–Trinajstić information content (AvgIpc) is 3.23. The highest BCUT2D eigenvalue weighted by atomic mass is 79.9. The molecule has 4 heteroatoms. The van der Waals surface area contributed by atoms with E-state index < -0.39 is 0 Å². The van der Waals surface area contributed by atoms with Gasteiger partial charge >= 0.3 is 0 Å². The van der Waals surface area contributed by atoms with E-state index in [2.05, 4.69) is 69.8 Å². The Morgan fingerprint density at radius 3 is 2.26 bits per heavy atom. The third-order valence-corrected chi connectivity index (χ3v) is 6.64. The lowest BCUT2D eigenvalue weighted by Crippen LogP contribution is -2.05. The van der Waals surface area contributed by atoms with Crippen LogP contribution in [0.15, 0.2) is 118 Å². The lowest BCUT2D eigenvalue weighted by atomic mass is 9.99. The predicted molar refractivity (Wildman–Crippen MR) is 144 cm³/mol. The number of hydrogen-bond donors (Lipinski definition) is 1.